The first-order valence-corrected chi connectivity index (χ1v) is 6.20. The Morgan fingerprint density at radius 2 is 2.06 bits per heavy atom. The van der Waals surface area contributed by atoms with Gasteiger partial charge >= 0.3 is 0 Å². The summed E-state index contributed by atoms with van der Waals surface area (Å²) in [6, 6.07) is 4.61. The van der Waals surface area contributed by atoms with Crippen LogP contribution in [0.5, 0.6) is 5.75 Å². The van der Waals surface area contributed by atoms with Crippen molar-refractivity contribution >= 4 is 0 Å². The summed E-state index contributed by atoms with van der Waals surface area (Å²) < 4.78 is 24.5. The van der Waals surface area contributed by atoms with Crippen molar-refractivity contribution in [2.24, 2.45) is 5.92 Å². The van der Waals surface area contributed by atoms with Crippen molar-refractivity contribution in [3.05, 3.63) is 29.6 Å². The molecule has 4 heteroatoms. The molecule has 0 bridgehead atoms. The van der Waals surface area contributed by atoms with Crippen LogP contribution in [0, 0.1) is 11.7 Å². The second-order valence-corrected chi connectivity index (χ2v) is 4.85. The molecule has 3 nitrogen and oxygen atoms in total. The smallest absolute Gasteiger partial charge is 0.133 e. The molecular weight excluding hydrogens is 235 g/mol. The highest BCUT2D eigenvalue weighted by Crippen LogP contribution is 2.41. The zero-order valence-corrected chi connectivity index (χ0v) is 10.8. The number of hydrogen-bond acceptors (Lipinski definition) is 3. The Kier molecular flexibility index (Phi) is 3.88. The number of halogens is 1. The molecule has 0 spiro atoms. The van der Waals surface area contributed by atoms with Gasteiger partial charge in [-0.1, -0.05) is 6.07 Å². The molecule has 0 saturated carbocycles. The molecule has 1 fully saturated rings. The van der Waals surface area contributed by atoms with Gasteiger partial charge in [-0.2, -0.15) is 0 Å². The second-order valence-electron chi connectivity index (χ2n) is 4.85. The molecule has 1 atom stereocenters. The fourth-order valence-corrected chi connectivity index (χ4v) is 2.63. The molecule has 0 aliphatic carbocycles. The number of hydrogen-bond donors (Lipinski definition) is 1. The van der Waals surface area contributed by atoms with Gasteiger partial charge in [0.05, 0.1) is 18.3 Å². The fraction of sp³-hybridized carbons (Fsp3) is 0.571. The third kappa shape index (κ3) is 2.35. The van der Waals surface area contributed by atoms with Crippen LogP contribution < -0.4 is 4.74 Å². The Morgan fingerprint density at radius 1 is 1.39 bits per heavy atom. The minimum Gasteiger partial charge on any atom is -0.496 e. The molecule has 0 radical (unpaired) electrons. The van der Waals surface area contributed by atoms with Crippen LogP contribution in [0.4, 0.5) is 4.39 Å². The molecule has 1 saturated heterocycles. The summed E-state index contributed by atoms with van der Waals surface area (Å²) in [6.07, 6.45) is 1.45. The first-order valence-electron chi connectivity index (χ1n) is 6.20. The van der Waals surface area contributed by atoms with Gasteiger partial charge in [-0.05, 0) is 37.8 Å². The summed E-state index contributed by atoms with van der Waals surface area (Å²) in [5, 5.41) is 10.7. The molecule has 1 aromatic carbocycles. The van der Waals surface area contributed by atoms with Crippen LogP contribution in [0.25, 0.3) is 0 Å². The van der Waals surface area contributed by atoms with Crippen LogP contribution in [0.15, 0.2) is 18.2 Å². The molecule has 1 aromatic rings. The summed E-state index contributed by atoms with van der Waals surface area (Å²) in [4.78, 5) is 0. The van der Waals surface area contributed by atoms with E-state index in [0.717, 1.165) is 12.8 Å². The zero-order chi connectivity index (χ0) is 13.2. The minimum absolute atomic E-state index is 0.0166. The Balaban J connectivity index is 2.39. The summed E-state index contributed by atoms with van der Waals surface area (Å²) >= 11 is 0. The van der Waals surface area contributed by atoms with Gasteiger partial charge in [-0.25, -0.2) is 4.39 Å². The summed E-state index contributed by atoms with van der Waals surface area (Å²) in [6.45, 7) is 2.87. The Morgan fingerprint density at radius 3 is 2.67 bits per heavy atom. The maximum Gasteiger partial charge on any atom is 0.133 e. The maximum atomic E-state index is 14.0. The standard InChI is InChI=1S/C14H19FO3/c1-14(16,10-6-8-18-9-7-10)13-11(15)4-3-5-12(13)17-2/h3-5,10,16H,6-9H2,1-2H3. The van der Waals surface area contributed by atoms with Gasteiger partial charge in [0.2, 0.25) is 0 Å². The van der Waals surface area contributed by atoms with Crippen molar-refractivity contribution in [3.63, 3.8) is 0 Å². The normalized spacial score (nSPS) is 20.4. The maximum absolute atomic E-state index is 14.0. The highest BCUT2D eigenvalue weighted by atomic mass is 19.1. The van der Waals surface area contributed by atoms with Crippen molar-refractivity contribution in [3.8, 4) is 5.75 Å². The third-order valence-electron chi connectivity index (χ3n) is 3.72. The average molecular weight is 254 g/mol. The van der Waals surface area contributed by atoms with Crippen LogP contribution >= 0.6 is 0 Å². The van der Waals surface area contributed by atoms with Gasteiger partial charge in [0.1, 0.15) is 11.6 Å². The lowest BCUT2D eigenvalue weighted by Crippen LogP contribution is -2.37. The largest absolute Gasteiger partial charge is 0.496 e. The van der Waals surface area contributed by atoms with Crippen LogP contribution in [-0.2, 0) is 10.3 Å². The molecule has 100 valence electrons. The molecule has 1 unspecified atom stereocenters. The number of methoxy groups -OCH3 is 1. The van der Waals surface area contributed by atoms with Crippen molar-refractivity contribution in [1.82, 2.24) is 0 Å². The van der Waals surface area contributed by atoms with E-state index in [1.165, 1.54) is 13.2 Å². The Labute approximate surface area is 107 Å². The minimum atomic E-state index is -1.24. The summed E-state index contributed by atoms with van der Waals surface area (Å²) in [7, 11) is 1.48. The van der Waals surface area contributed by atoms with Crippen LogP contribution in [0.2, 0.25) is 0 Å². The first kappa shape index (κ1) is 13.3. The van der Waals surface area contributed by atoms with E-state index in [-0.39, 0.29) is 11.5 Å². The number of aliphatic hydroxyl groups is 1. The number of ether oxygens (including phenoxy) is 2. The lowest BCUT2D eigenvalue weighted by Gasteiger charge is -2.36. The van der Waals surface area contributed by atoms with Crippen molar-refractivity contribution in [2.45, 2.75) is 25.4 Å². The zero-order valence-electron chi connectivity index (χ0n) is 10.8. The van der Waals surface area contributed by atoms with Crippen molar-refractivity contribution in [2.75, 3.05) is 20.3 Å². The molecule has 0 amide bonds. The lowest BCUT2D eigenvalue weighted by atomic mass is 9.78. The molecule has 2 rings (SSSR count). The van der Waals surface area contributed by atoms with Crippen LogP contribution in [-0.4, -0.2) is 25.4 Å². The molecule has 0 aromatic heterocycles. The van der Waals surface area contributed by atoms with E-state index in [2.05, 4.69) is 0 Å². The monoisotopic (exact) mass is 254 g/mol. The SMILES string of the molecule is COc1cccc(F)c1C(C)(O)C1CCOCC1. The topological polar surface area (TPSA) is 38.7 Å². The fourth-order valence-electron chi connectivity index (χ4n) is 2.63. The third-order valence-corrected chi connectivity index (χ3v) is 3.72. The lowest BCUT2D eigenvalue weighted by molar-refractivity contribution is -0.0610. The summed E-state index contributed by atoms with van der Waals surface area (Å²) in [5.74, 6) is -0.0469. The number of benzene rings is 1. The predicted molar refractivity (Wildman–Crippen MR) is 66.1 cm³/mol. The molecule has 1 heterocycles. The van der Waals surface area contributed by atoms with Crippen LogP contribution in [0.1, 0.15) is 25.3 Å². The summed E-state index contributed by atoms with van der Waals surface area (Å²) in [5.41, 5.74) is -0.986. The van der Waals surface area contributed by atoms with E-state index < -0.39 is 11.4 Å². The second kappa shape index (κ2) is 5.24. The predicted octanol–water partition coefficient (Wildman–Crippen LogP) is 2.47. The molecule has 1 N–H and O–H groups in total. The average Bonchev–Trinajstić information content (AvgIpc) is 2.39. The first-order chi connectivity index (χ1) is 8.57. The van der Waals surface area contributed by atoms with E-state index in [1.807, 2.05) is 0 Å². The van der Waals surface area contributed by atoms with E-state index in [1.54, 1.807) is 19.1 Å². The Hall–Kier alpha value is -1.13. The van der Waals surface area contributed by atoms with Gasteiger partial charge in [0, 0.05) is 13.2 Å². The van der Waals surface area contributed by atoms with Crippen LogP contribution in [0.3, 0.4) is 0 Å². The van der Waals surface area contributed by atoms with Gasteiger partial charge in [0.15, 0.2) is 0 Å². The van der Waals surface area contributed by atoms with Gasteiger partial charge in [-0.15, -0.1) is 0 Å². The highest BCUT2D eigenvalue weighted by molar-refractivity contribution is 5.39. The van der Waals surface area contributed by atoms with E-state index >= 15 is 0 Å². The van der Waals surface area contributed by atoms with Gasteiger partial charge in [0.25, 0.3) is 0 Å². The van der Waals surface area contributed by atoms with E-state index in [9.17, 15) is 9.50 Å². The molecular formula is C14H19FO3. The van der Waals surface area contributed by atoms with Crippen molar-refractivity contribution < 1.29 is 19.0 Å². The van der Waals surface area contributed by atoms with E-state index in [4.69, 9.17) is 9.47 Å². The molecule has 1 aliphatic heterocycles. The quantitative estimate of drug-likeness (QED) is 0.900. The van der Waals surface area contributed by atoms with E-state index in [0.29, 0.717) is 19.0 Å². The van der Waals surface area contributed by atoms with Gasteiger partial charge in [-0.3, -0.25) is 0 Å². The van der Waals surface area contributed by atoms with Crippen molar-refractivity contribution in [1.29, 1.82) is 0 Å². The molecule has 1 aliphatic rings. The molecule has 18 heavy (non-hydrogen) atoms. The van der Waals surface area contributed by atoms with Gasteiger partial charge < -0.3 is 14.6 Å². The Bertz CT molecular complexity index is 412. The number of rotatable bonds is 3. The highest BCUT2D eigenvalue weighted by Gasteiger charge is 2.39.